The number of benzene rings is 2. The summed E-state index contributed by atoms with van der Waals surface area (Å²) >= 11 is 0.814. The zero-order chi connectivity index (χ0) is 20.1. The number of para-hydroxylation sites is 1. The fraction of sp³-hybridized carbons (Fsp3) is 0.150. The summed E-state index contributed by atoms with van der Waals surface area (Å²) in [7, 11) is 1.47. The smallest absolute Gasteiger partial charge is 0.293 e. The molecule has 0 saturated carbocycles. The predicted molar refractivity (Wildman–Crippen MR) is 104 cm³/mol. The molecular formula is C20H17FN2O4S. The second-order valence-corrected chi connectivity index (χ2v) is 6.83. The highest BCUT2D eigenvalue weighted by atomic mass is 32.2. The van der Waals surface area contributed by atoms with Crippen LogP contribution in [0.15, 0.2) is 53.4 Å². The molecule has 1 fully saturated rings. The Balaban J connectivity index is 1.60. The van der Waals surface area contributed by atoms with Crippen molar-refractivity contribution in [2.45, 2.75) is 0 Å². The highest BCUT2D eigenvalue weighted by Crippen LogP contribution is 2.31. The van der Waals surface area contributed by atoms with E-state index in [4.69, 9.17) is 4.74 Å². The standard InChI is InChI=1S/C20H17FN2O4S/c1-27-16-5-3-2-4-15(16)18(24)22-10-11-23-19(25)17(28-20(23)26)12-13-6-8-14(21)9-7-13/h2-9,12H,10-11H2,1H3,(H,22,24). The van der Waals surface area contributed by atoms with Gasteiger partial charge in [-0.15, -0.1) is 0 Å². The molecule has 144 valence electrons. The Kier molecular flexibility index (Phi) is 6.10. The summed E-state index contributed by atoms with van der Waals surface area (Å²) in [5.74, 6) is -0.735. The van der Waals surface area contributed by atoms with Gasteiger partial charge in [0, 0.05) is 13.1 Å². The van der Waals surface area contributed by atoms with Crippen molar-refractivity contribution in [2.75, 3.05) is 20.2 Å². The molecule has 1 N–H and O–H groups in total. The first kappa shape index (κ1) is 19.6. The SMILES string of the molecule is COc1ccccc1C(=O)NCCN1C(=O)SC(=Cc2ccc(F)cc2)C1=O. The monoisotopic (exact) mass is 400 g/mol. The van der Waals surface area contributed by atoms with Crippen molar-refractivity contribution in [1.29, 1.82) is 0 Å². The lowest BCUT2D eigenvalue weighted by atomic mass is 10.2. The van der Waals surface area contributed by atoms with Gasteiger partial charge in [-0.1, -0.05) is 24.3 Å². The van der Waals surface area contributed by atoms with Crippen LogP contribution in [0.5, 0.6) is 5.75 Å². The van der Waals surface area contributed by atoms with Gasteiger partial charge in [-0.25, -0.2) is 4.39 Å². The number of hydrogen-bond acceptors (Lipinski definition) is 5. The number of carbonyl (C=O) groups excluding carboxylic acids is 3. The first-order valence-corrected chi connectivity index (χ1v) is 9.23. The van der Waals surface area contributed by atoms with Gasteiger partial charge < -0.3 is 10.1 Å². The lowest BCUT2D eigenvalue weighted by Gasteiger charge is -2.13. The summed E-state index contributed by atoms with van der Waals surface area (Å²) in [5.41, 5.74) is 0.992. The van der Waals surface area contributed by atoms with Crippen molar-refractivity contribution in [3.63, 3.8) is 0 Å². The van der Waals surface area contributed by atoms with Crippen LogP contribution < -0.4 is 10.1 Å². The van der Waals surface area contributed by atoms with Crippen LogP contribution in [0.4, 0.5) is 9.18 Å². The number of hydrogen-bond donors (Lipinski definition) is 1. The molecule has 0 atom stereocenters. The van der Waals surface area contributed by atoms with Crippen molar-refractivity contribution in [2.24, 2.45) is 0 Å². The van der Waals surface area contributed by atoms with E-state index >= 15 is 0 Å². The number of nitrogens with one attached hydrogen (secondary N) is 1. The lowest BCUT2D eigenvalue weighted by Crippen LogP contribution is -2.37. The number of carbonyl (C=O) groups is 3. The van der Waals surface area contributed by atoms with Gasteiger partial charge in [-0.3, -0.25) is 19.3 Å². The summed E-state index contributed by atoms with van der Waals surface area (Å²) in [6.07, 6.45) is 1.54. The number of thioether (sulfide) groups is 1. The van der Waals surface area contributed by atoms with Crippen LogP contribution in [0.3, 0.4) is 0 Å². The summed E-state index contributed by atoms with van der Waals surface area (Å²) in [4.78, 5) is 38.2. The zero-order valence-electron chi connectivity index (χ0n) is 15.0. The molecule has 0 spiro atoms. The maximum absolute atomic E-state index is 13.0. The molecule has 3 rings (SSSR count). The largest absolute Gasteiger partial charge is 0.496 e. The molecule has 8 heteroatoms. The second kappa shape index (κ2) is 8.71. The molecule has 0 aromatic heterocycles. The molecule has 1 aliphatic rings. The molecular weight excluding hydrogens is 383 g/mol. The van der Waals surface area contributed by atoms with Gasteiger partial charge in [0.1, 0.15) is 11.6 Å². The minimum atomic E-state index is -0.439. The zero-order valence-corrected chi connectivity index (χ0v) is 15.8. The molecule has 3 amide bonds. The third-order valence-corrected chi connectivity index (χ3v) is 4.92. The van der Waals surface area contributed by atoms with Crippen molar-refractivity contribution >= 4 is 34.9 Å². The van der Waals surface area contributed by atoms with Crippen molar-refractivity contribution in [1.82, 2.24) is 10.2 Å². The van der Waals surface area contributed by atoms with Crippen LogP contribution in [0.25, 0.3) is 6.08 Å². The van der Waals surface area contributed by atoms with E-state index in [-0.39, 0.29) is 29.7 Å². The summed E-state index contributed by atoms with van der Waals surface area (Å²) in [6, 6.07) is 12.4. The molecule has 6 nitrogen and oxygen atoms in total. The average molecular weight is 400 g/mol. The Hall–Kier alpha value is -3.13. The molecule has 1 heterocycles. The van der Waals surface area contributed by atoms with E-state index in [1.54, 1.807) is 24.3 Å². The Labute approximate surface area is 165 Å². The quantitative estimate of drug-likeness (QED) is 0.753. The van der Waals surface area contributed by atoms with Crippen molar-refractivity contribution in [3.8, 4) is 5.75 Å². The lowest BCUT2D eigenvalue weighted by molar-refractivity contribution is -0.122. The minimum absolute atomic E-state index is 0.0479. The number of halogens is 1. The predicted octanol–water partition coefficient (Wildman–Crippen LogP) is 3.30. The Bertz CT molecular complexity index is 943. The normalized spacial score (nSPS) is 15.2. The summed E-state index contributed by atoms with van der Waals surface area (Å²) in [5, 5.41) is 2.26. The van der Waals surface area contributed by atoms with Gasteiger partial charge in [-0.05, 0) is 47.7 Å². The molecule has 2 aromatic carbocycles. The fourth-order valence-corrected chi connectivity index (χ4v) is 3.48. The molecule has 0 radical (unpaired) electrons. The van der Waals surface area contributed by atoms with Crippen LogP contribution in [0.1, 0.15) is 15.9 Å². The van der Waals surface area contributed by atoms with Gasteiger partial charge in [0.2, 0.25) is 0 Å². The summed E-state index contributed by atoms with van der Waals surface area (Å²) in [6.45, 7) is 0.158. The van der Waals surface area contributed by atoms with Crippen LogP contribution in [0, 0.1) is 5.82 Å². The minimum Gasteiger partial charge on any atom is -0.496 e. The van der Waals surface area contributed by atoms with Gasteiger partial charge in [0.25, 0.3) is 17.1 Å². The maximum atomic E-state index is 13.0. The van der Waals surface area contributed by atoms with E-state index in [1.165, 1.54) is 37.5 Å². The Morgan fingerprint density at radius 1 is 1.18 bits per heavy atom. The number of amides is 3. The van der Waals surface area contributed by atoms with Gasteiger partial charge in [-0.2, -0.15) is 0 Å². The molecule has 1 aliphatic heterocycles. The third-order valence-electron chi connectivity index (χ3n) is 4.01. The van der Waals surface area contributed by atoms with Crippen LogP contribution in [0.2, 0.25) is 0 Å². The molecule has 1 saturated heterocycles. The van der Waals surface area contributed by atoms with Gasteiger partial charge in [0.15, 0.2) is 0 Å². The Morgan fingerprint density at radius 2 is 1.89 bits per heavy atom. The van der Waals surface area contributed by atoms with Gasteiger partial charge in [0.05, 0.1) is 17.6 Å². The molecule has 28 heavy (non-hydrogen) atoms. The van der Waals surface area contributed by atoms with E-state index in [9.17, 15) is 18.8 Å². The van der Waals surface area contributed by atoms with Crippen molar-refractivity contribution in [3.05, 3.63) is 70.4 Å². The second-order valence-electron chi connectivity index (χ2n) is 5.84. The van der Waals surface area contributed by atoms with E-state index in [0.717, 1.165) is 16.7 Å². The number of imide groups is 1. The van der Waals surface area contributed by atoms with Crippen LogP contribution >= 0.6 is 11.8 Å². The average Bonchev–Trinajstić information content (AvgIpc) is 2.96. The first-order valence-electron chi connectivity index (χ1n) is 8.42. The van der Waals surface area contributed by atoms with Crippen LogP contribution in [-0.4, -0.2) is 42.2 Å². The molecule has 0 aliphatic carbocycles. The Morgan fingerprint density at radius 3 is 2.61 bits per heavy atom. The molecule has 0 unspecified atom stereocenters. The number of rotatable bonds is 6. The summed E-state index contributed by atoms with van der Waals surface area (Å²) < 4.78 is 18.1. The van der Waals surface area contributed by atoms with Crippen molar-refractivity contribution < 1.29 is 23.5 Å². The number of methoxy groups -OCH3 is 1. The highest BCUT2D eigenvalue weighted by molar-refractivity contribution is 8.18. The number of nitrogens with zero attached hydrogens (tertiary/aromatic N) is 1. The van der Waals surface area contributed by atoms with E-state index < -0.39 is 11.1 Å². The van der Waals surface area contributed by atoms with E-state index in [2.05, 4.69) is 5.32 Å². The molecule has 2 aromatic rings. The highest BCUT2D eigenvalue weighted by Gasteiger charge is 2.34. The maximum Gasteiger partial charge on any atom is 0.293 e. The fourth-order valence-electron chi connectivity index (χ4n) is 2.61. The topological polar surface area (TPSA) is 75.7 Å². The van der Waals surface area contributed by atoms with E-state index in [0.29, 0.717) is 16.9 Å². The third kappa shape index (κ3) is 4.40. The number of ether oxygens (including phenoxy) is 1. The van der Waals surface area contributed by atoms with E-state index in [1.807, 2.05) is 0 Å². The molecule has 0 bridgehead atoms. The van der Waals surface area contributed by atoms with Gasteiger partial charge >= 0.3 is 0 Å². The first-order chi connectivity index (χ1) is 13.5. The van der Waals surface area contributed by atoms with Crippen LogP contribution in [-0.2, 0) is 4.79 Å².